The van der Waals surface area contributed by atoms with Gasteiger partial charge in [-0.1, -0.05) is 68.3 Å². The summed E-state index contributed by atoms with van der Waals surface area (Å²) in [7, 11) is 0. The fraction of sp³-hybridized carbons (Fsp3) is 0.449. The number of hydrogen-bond donors (Lipinski definition) is 13. The molecule has 0 bridgehead atoms. The van der Waals surface area contributed by atoms with Gasteiger partial charge in [-0.3, -0.25) is 43.3 Å². The molecule has 1 fully saturated rings. The molecule has 1 saturated heterocycles. The van der Waals surface area contributed by atoms with Crippen LogP contribution < -0.4 is 54.0 Å². The van der Waals surface area contributed by atoms with Crippen LogP contribution in [0.1, 0.15) is 82.0 Å². The number of carbonyl (C=O) groups is 9. The van der Waals surface area contributed by atoms with E-state index < -0.39 is 95.5 Å². The van der Waals surface area contributed by atoms with Gasteiger partial charge in [0.1, 0.15) is 42.3 Å². The fourth-order valence-electron chi connectivity index (χ4n) is 8.19. The van der Waals surface area contributed by atoms with Crippen LogP contribution in [0, 0.1) is 0 Å². The minimum Gasteiger partial charge on any atom is -0.480 e. The van der Waals surface area contributed by atoms with Crippen LogP contribution in [0.3, 0.4) is 0 Å². The van der Waals surface area contributed by atoms with Gasteiger partial charge in [-0.15, -0.1) is 0 Å². The van der Waals surface area contributed by atoms with Crippen molar-refractivity contribution in [2.75, 3.05) is 13.1 Å². The van der Waals surface area contributed by atoms with Gasteiger partial charge in [-0.25, -0.2) is 9.78 Å². The first-order valence-electron chi connectivity index (χ1n) is 24.2. The van der Waals surface area contributed by atoms with Crippen LogP contribution >= 0.6 is 0 Å². The molecule has 0 spiro atoms. The first-order valence-corrected chi connectivity index (χ1v) is 24.2. The van der Waals surface area contributed by atoms with E-state index in [0.29, 0.717) is 29.7 Å². The molecule has 5 rings (SSSR count). The number of amides is 8. The highest BCUT2D eigenvalue weighted by molar-refractivity contribution is 5.98. The number of aliphatic carboxylic acids is 1. The predicted octanol–water partition coefficient (Wildman–Crippen LogP) is -1.04. The van der Waals surface area contributed by atoms with Crippen molar-refractivity contribution in [1.82, 2.24) is 57.5 Å². The minimum atomic E-state index is -1.49. The van der Waals surface area contributed by atoms with Crippen LogP contribution in [-0.4, -0.2) is 135 Å². The Balaban J connectivity index is 1.52. The number of nitrogens with one attached hydrogen (secondary N) is 10. The van der Waals surface area contributed by atoms with Gasteiger partial charge in [0.15, 0.2) is 5.96 Å². The quantitative estimate of drug-likeness (QED) is 0.0304. The zero-order valence-corrected chi connectivity index (χ0v) is 40.8. The molecule has 15 N–H and O–H groups in total. The number of imidazole rings is 1. The average molecular weight is 1010 g/mol. The fourth-order valence-corrected chi connectivity index (χ4v) is 8.19. The number of hydrogen-bond acceptors (Lipinski definition) is 11. The Bertz CT molecular complexity index is 2560. The van der Waals surface area contributed by atoms with Crippen LogP contribution in [0.2, 0.25) is 0 Å². The number of fused-ring (bicyclic) bond motifs is 1. The molecule has 73 heavy (non-hydrogen) atoms. The summed E-state index contributed by atoms with van der Waals surface area (Å²) in [6.45, 7) is 2.93. The lowest BCUT2D eigenvalue weighted by atomic mass is 10.0. The average Bonchev–Trinajstić information content (AvgIpc) is 4.03. The zero-order valence-electron chi connectivity index (χ0n) is 40.8. The van der Waals surface area contributed by atoms with Crippen molar-refractivity contribution in [3.05, 3.63) is 90.1 Å². The number of unbranched alkanes of at least 4 members (excludes halogenated alkanes) is 1. The van der Waals surface area contributed by atoms with Gasteiger partial charge in [-0.2, -0.15) is 0 Å². The number of aromatic amines is 2. The third kappa shape index (κ3) is 17.8. The molecule has 2 aromatic heterocycles. The molecule has 4 aromatic rings. The first-order chi connectivity index (χ1) is 35.0. The van der Waals surface area contributed by atoms with Gasteiger partial charge in [0.05, 0.1) is 6.33 Å². The molecule has 3 unspecified atom stereocenters. The van der Waals surface area contributed by atoms with E-state index in [1.54, 1.807) is 48.7 Å². The Morgan fingerprint density at radius 2 is 1.49 bits per heavy atom. The Kier molecular flexibility index (Phi) is 21.3. The molecule has 7 atom stereocenters. The summed E-state index contributed by atoms with van der Waals surface area (Å²) in [6, 6.07) is 6.23. The number of rotatable bonds is 19. The molecule has 0 radical (unpaired) electrons. The highest BCUT2D eigenvalue weighted by Crippen LogP contribution is 2.20. The van der Waals surface area contributed by atoms with E-state index in [0.717, 1.165) is 10.9 Å². The normalized spacial score (nSPS) is 20.2. The number of nitrogens with zero attached hydrogens (tertiary/aromatic N) is 2. The van der Waals surface area contributed by atoms with E-state index in [1.165, 1.54) is 19.4 Å². The number of carboxylic acid groups (broad SMARTS) is 1. The lowest BCUT2D eigenvalue weighted by Gasteiger charge is -2.27. The molecular weight excluding hydrogens is 945 g/mol. The smallest absolute Gasteiger partial charge is 0.326 e. The number of guanidine groups is 1. The van der Waals surface area contributed by atoms with Crippen molar-refractivity contribution in [2.24, 2.45) is 16.5 Å². The maximum Gasteiger partial charge on any atom is 0.326 e. The summed E-state index contributed by atoms with van der Waals surface area (Å²) in [5, 5.41) is 32.3. The van der Waals surface area contributed by atoms with Crippen molar-refractivity contribution in [1.29, 1.82) is 0 Å². The molecule has 0 aliphatic carbocycles. The monoisotopic (exact) mass is 1010 g/mol. The standard InChI is InChI=1S/C49H66N14O10/c1-3-4-14-34(57-28(2)64)42(66)59-36-17-18-41(65)53-21-19-37(45(69)63-40(48(72)73)23-30-25-55-33-15-9-8-13-32(30)33)60-43(67)35(16-10-20-54-49(50)51)58-46(70)38(22-29-11-6-5-7-12-29)61-47(71)39(62-44(36)68)24-31-26-52-27-56-31/h5-9,11-13,15,25-27,34-40,55H,3-4,10,14,16-24H2,1-2H3,(H,52,56)(H,53,65)(H,57,64)(H,58,70)(H,59,66)(H,60,67)(H,61,71)(H,62,68)(H,63,69)(H,72,73)(H4,50,51,54)/t34-,35-,36?,37?,38?,39-,40-/m0/s1. The third-order valence-electron chi connectivity index (χ3n) is 12.0. The number of H-pyrrole nitrogens is 2. The number of aromatic nitrogens is 3. The van der Waals surface area contributed by atoms with E-state index in [1.807, 2.05) is 19.1 Å². The van der Waals surface area contributed by atoms with Crippen LogP contribution in [0.25, 0.3) is 10.9 Å². The minimum absolute atomic E-state index is 0.0410. The first kappa shape index (κ1) is 55.6. The predicted molar refractivity (Wildman–Crippen MR) is 268 cm³/mol. The number of benzene rings is 2. The second-order valence-corrected chi connectivity index (χ2v) is 17.8. The lowest BCUT2D eigenvalue weighted by Crippen LogP contribution is -2.60. The summed E-state index contributed by atoms with van der Waals surface area (Å²) in [5.41, 5.74) is 13.5. The Hall–Kier alpha value is -8.31. The Morgan fingerprint density at radius 1 is 0.808 bits per heavy atom. The number of carbonyl (C=O) groups excluding carboxylic acids is 8. The summed E-state index contributed by atoms with van der Waals surface area (Å²) in [5.74, 6) is -7.74. The van der Waals surface area contributed by atoms with E-state index in [4.69, 9.17) is 11.5 Å². The largest absolute Gasteiger partial charge is 0.480 e. The number of para-hydroxylation sites is 1. The van der Waals surface area contributed by atoms with Crippen LogP contribution in [0.5, 0.6) is 0 Å². The number of aliphatic imine (C=N–C) groups is 1. The van der Waals surface area contributed by atoms with E-state index in [-0.39, 0.29) is 76.8 Å². The summed E-state index contributed by atoms with van der Waals surface area (Å²) in [4.78, 5) is 138. The van der Waals surface area contributed by atoms with Gasteiger partial charge >= 0.3 is 5.97 Å². The van der Waals surface area contributed by atoms with Gasteiger partial charge < -0.3 is 69.1 Å². The molecule has 392 valence electrons. The number of carboxylic acids is 1. The molecule has 8 amide bonds. The summed E-state index contributed by atoms with van der Waals surface area (Å²) < 4.78 is 0. The maximum atomic E-state index is 14.5. The molecule has 2 aromatic carbocycles. The van der Waals surface area contributed by atoms with Crippen LogP contribution in [0.4, 0.5) is 0 Å². The molecule has 24 heteroatoms. The molecule has 3 heterocycles. The SMILES string of the molecule is CCCC[C@H](NC(C)=O)C(=O)NC1CCC(=O)NCCC(C(=O)N[C@@H](Cc2c[nH]c3ccccc23)C(=O)O)NC(=O)[C@H](CCCN=C(N)N)NC(=O)C(Cc2ccccc2)NC(=O)[C@H](Cc2cnc[nH]2)NC1=O. The van der Waals surface area contributed by atoms with Gasteiger partial charge in [0, 0.05) is 74.7 Å². The molecule has 24 nitrogen and oxygen atoms in total. The van der Waals surface area contributed by atoms with Gasteiger partial charge in [-0.05, 0) is 49.3 Å². The van der Waals surface area contributed by atoms with Crippen molar-refractivity contribution in [3.8, 4) is 0 Å². The lowest BCUT2D eigenvalue weighted by molar-refractivity contribution is -0.142. The highest BCUT2D eigenvalue weighted by atomic mass is 16.4. The highest BCUT2D eigenvalue weighted by Gasteiger charge is 2.35. The van der Waals surface area contributed by atoms with Crippen LogP contribution in [-0.2, 0) is 62.4 Å². The summed E-state index contributed by atoms with van der Waals surface area (Å²) in [6.07, 6.45) is 4.61. The number of nitrogens with two attached hydrogens (primary N) is 2. The second kappa shape index (κ2) is 27.9. The maximum absolute atomic E-state index is 14.5. The van der Waals surface area contributed by atoms with Gasteiger partial charge in [0.25, 0.3) is 0 Å². The molecular formula is C49H66N14O10. The Labute approximate surface area is 421 Å². The van der Waals surface area contributed by atoms with E-state index in [2.05, 4.69) is 62.5 Å². The zero-order chi connectivity index (χ0) is 52.9. The molecule has 0 saturated carbocycles. The van der Waals surface area contributed by atoms with Crippen molar-refractivity contribution < 1.29 is 48.3 Å². The van der Waals surface area contributed by atoms with Crippen molar-refractivity contribution >= 4 is 70.1 Å². The topological polar surface area (TPSA) is 379 Å². The molecule has 1 aliphatic heterocycles. The van der Waals surface area contributed by atoms with Crippen LogP contribution in [0.15, 0.2) is 78.3 Å². The van der Waals surface area contributed by atoms with E-state index in [9.17, 15) is 48.3 Å². The Morgan fingerprint density at radius 3 is 2.18 bits per heavy atom. The molecule has 1 aliphatic rings. The van der Waals surface area contributed by atoms with E-state index >= 15 is 0 Å². The van der Waals surface area contributed by atoms with Gasteiger partial charge in [0.2, 0.25) is 47.3 Å². The summed E-state index contributed by atoms with van der Waals surface area (Å²) >= 11 is 0. The second-order valence-electron chi connectivity index (χ2n) is 17.8. The van der Waals surface area contributed by atoms with Crippen molar-refractivity contribution in [2.45, 2.75) is 127 Å². The van der Waals surface area contributed by atoms with Crippen molar-refractivity contribution in [3.63, 3.8) is 0 Å². The third-order valence-corrected chi connectivity index (χ3v) is 12.0.